The van der Waals surface area contributed by atoms with Gasteiger partial charge in [-0.2, -0.15) is 4.39 Å². The predicted octanol–water partition coefficient (Wildman–Crippen LogP) is 3.26. The number of carbonyl (C=O) groups excluding carboxylic acids is 1. The highest BCUT2D eigenvalue weighted by molar-refractivity contribution is 9.10. The van der Waals surface area contributed by atoms with Gasteiger partial charge in [0.1, 0.15) is 4.47 Å². The summed E-state index contributed by atoms with van der Waals surface area (Å²) in [7, 11) is 0. The van der Waals surface area contributed by atoms with E-state index in [9.17, 15) is 9.18 Å². The fourth-order valence-electron chi connectivity index (χ4n) is 2.29. The van der Waals surface area contributed by atoms with Crippen LogP contribution in [0.2, 0.25) is 0 Å². The predicted molar refractivity (Wildman–Crippen MR) is 105 cm³/mol. The smallest absolute Gasteiger partial charge is 0.358 e. The molecule has 0 aliphatic rings. The Hall–Kier alpha value is -2.53. The van der Waals surface area contributed by atoms with Gasteiger partial charge in [0.25, 0.3) is 0 Å². The quantitative estimate of drug-likeness (QED) is 0.297. The van der Waals surface area contributed by atoms with Crippen LogP contribution in [0.25, 0.3) is 17.1 Å². The molecule has 146 valence electrons. The van der Waals surface area contributed by atoms with Crippen LogP contribution in [-0.2, 0) is 9.53 Å². The van der Waals surface area contributed by atoms with Crippen molar-refractivity contribution in [3.05, 3.63) is 47.3 Å². The summed E-state index contributed by atoms with van der Waals surface area (Å²) in [5.74, 6) is -0.556. The molecule has 0 radical (unpaired) electrons. The van der Waals surface area contributed by atoms with Gasteiger partial charge in [-0.3, -0.25) is 4.98 Å². The highest BCUT2D eigenvalue weighted by atomic mass is 79.9. The number of hydrogen-bond donors (Lipinski definition) is 0. The largest absolute Gasteiger partial charge is 0.463 e. The molecule has 0 bridgehead atoms. The van der Waals surface area contributed by atoms with E-state index in [1.165, 1.54) is 47.3 Å². The van der Waals surface area contributed by atoms with E-state index < -0.39 is 17.4 Å². The second-order valence-corrected chi connectivity index (χ2v) is 6.94. The van der Waals surface area contributed by atoms with E-state index in [1.54, 1.807) is 19.2 Å². The molecule has 8 nitrogen and oxygen atoms in total. The SMILES string of the molecule is CCOC(=O)C(Oc1nn(-c2cnccn2)c(-c2ccc(F)nc2)c1Br)SC. The molecule has 1 unspecified atom stereocenters. The zero-order valence-corrected chi connectivity index (χ0v) is 17.3. The van der Waals surface area contributed by atoms with Crippen LogP contribution in [0.5, 0.6) is 5.88 Å². The Balaban J connectivity index is 2.07. The second kappa shape index (κ2) is 9.11. The van der Waals surface area contributed by atoms with E-state index >= 15 is 0 Å². The molecule has 0 aliphatic heterocycles. The molecule has 0 fully saturated rings. The fraction of sp³-hybridized carbons (Fsp3) is 0.235. The molecule has 0 saturated carbocycles. The standard InChI is InChI=1S/C17H15BrFN5O3S/c1-3-26-16(25)17(28-2)27-15-13(18)14(10-4-5-11(19)22-8-10)24(23-15)12-9-20-6-7-21-12/h4-9,17H,3H2,1-2H3. The summed E-state index contributed by atoms with van der Waals surface area (Å²) >= 11 is 4.63. The minimum Gasteiger partial charge on any atom is -0.463 e. The van der Waals surface area contributed by atoms with Crippen LogP contribution in [0.4, 0.5) is 4.39 Å². The molecule has 0 saturated heterocycles. The minimum atomic E-state index is -0.902. The molecule has 3 aromatic heterocycles. The number of ether oxygens (including phenoxy) is 2. The first kappa shape index (κ1) is 20.2. The van der Waals surface area contributed by atoms with Crippen molar-refractivity contribution < 1.29 is 18.7 Å². The summed E-state index contributed by atoms with van der Waals surface area (Å²) in [6.45, 7) is 1.95. The molecule has 11 heteroatoms. The van der Waals surface area contributed by atoms with Crippen LogP contribution < -0.4 is 4.74 Å². The first-order chi connectivity index (χ1) is 13.5. The van der Waals surface area contributed by atoms with Gasteiger partial charge in [-0.1, -0.05) is 0 Å². The van der Waals surface area contributed by atoms with Crippen molar-refractivity contribution in [1.29, 1.82) is 0 Å². The Kier molecular flexibility index (Phi) is 6.57. The number of carbonyl (C=O) groups is 1. The summed E-state index contributed by atoms with van der Waals surface area (Å²) in [4.78, 5) is 24.0. The number of esters is 1. The number of hydrogen-bond acceptors (Lipinski definition) is 8. The molecule has 3 rings (SSSR count). The molecular formula is C17H15BrFN5O3S. The Morgan fingerprint density at radius 2 is 2.14 bits per heavy atom. The molecule has 0 aliphatic carbocycles. The van der Waals surface area contributed by atoms with Crippen molar-refractivity contribution >= 4 is 33.7 Å². The van der Waals surface area contributed by atoms with E-state index in [0.29, 0.717) is 21.5 Å². The molecule has 3 heterocycles. The molecule has 0 amide bonds. The van der Waals surface area contributed by atoms with Gasteiger partial charge in [0, 0.05) is 24.2 Å². The van der Waals surface area contributed by atoms with Gasteiger partial charge in [-0.15, -0.1) is 16.9 Å². The molecule has 0 spiro atoms. The maximum atomic E-state index is 13.3. The van der Waals surface area contributed by atoms with Crippen LogP contribution in [0.3, 0.4) is 0 Å². The minimum absolute atomic E-state index is 0.150. The van der Waals surface area contributed by atoms with E-state index in [2.05, 4.69) is 36.0 Å². The van der Waals surface area contributed by atoms with Crippen molar-refractivity contribution in [3.8, 4) is 23.0 Å². The normalized spacial score (nSPS) is 11.9. The fourth-order valence-corrected chi connectivity index (χ4v) is 3.31. The number of pyridine rings is 1. The van der Waals surface area contributed by atoms with Gasteiger partial charge in [0.2, 0.25) is 17.3 Å². The van der Waals surface area contributed by atoms with E-state index in [0.717, 1.165) is 0 Å². The third-order valence-corrected chi connectivity index (χ3v) is 4.91. The maximum absolute atomic E-state index is 13.3. The topological polar surface area (TPSA) is 92.0 Å². The lowest BCUT2D eigenvalue weighted by Crippen LogP contribution is -2.26. The van der Waals surface area contributed by atoms with Crippen LogP contribution >= 0.6 is 27.7 Å². The van der Waals surface area contributed by atoms with Gasteiger partial charge in [-0.05, 0) is 41.2 Å². The lowest BCUT2D eigenvalue weighted by atomic mass is 10.2. The number of rotatable bonds is 7. The Morgan fingerprint density at radius 3 is 2.75 bits per heavy atom. The van der Waals surface area contributed by atoms with Gasteiger partial charge in [-0.25, -0.2) is 19.4 Å². The van der Waals surface area contributed by atoms with Crippen molar-refractivity contribution in [2.75, 3.05) is 12.9 Å². The highest BCUT2D eigenvalue weighted by Gasteiger charge is 2.27. The van der Waals surface area contributed by atoms with Gasteiger partial charge < -0.3 is 9.47 Å². The van der Waals surface area contributed by atoms with Crippen LogP contribution in [0, 0.1) is 5.95 Å². The molecule has 1 atom stereocenters. The van der Waals surface area contributed by atoms with Crippen LogP contribution in [0.1, 0.15) is 6.92 Å². The third-order valence-electron chi connectivity index (χ3n) is 3.48. The Morgan fingerprint density at radius 1 is 1.32 bits per heavy atom. The number of halogens is 2. The number of aromatic nitrogens is 5. The lowest BCUT2D eigenvalue weighted by Gasteiger charge is -2.13. The van der Waals surface area contributed by atoms with E-state index in [4.69, 9.17) is 9.47 Å². The molecule has 0 N–H and O–H groups in total. The molecule has 3 aromatic rings. The van der Waals surface area contributed by atoms with Crippen LogP contribution in [0.15, 0.2) is 41.4 Å². The second-order valence-electron chi connectivity index (χ2n) is 5.25. The average Bonchev–Trinajstić information content (AvgIpc) is 3.03. The van der Waals surface area contributed by atoms with Crippen molar-refractivity contribution in [2.45, 2.75) is 12.4 Å². The Labute approximate surface area is 172 Å². The highest BCUT2D eigenvalue weighted by Crippen LogP contribution is 2.37. The first-order valence-corrected chi connectivity index (χ1v) is 10.2. The zero-order chi connectivity index (χ0) is 20.1. The maximum Gasteiger partial charge on any atom is 0.358 e. The summed E-state index contributed by atoms with van der Waals surface area (Å²) in [6, 6.07) is 2.79. The van der Waals surface area contributed by atoms with Crippen molar-refractivity contribution in [3.63, 3.8) is 0 Å². The summed E-state index contributed by atoms with van der Waals surface area (Å²) < 4.78 is 26.0. The lowest BCUT2D eigenvalue weighted by molar-refractivity contribution is -0.147. The van der Waals surface area contributed by atoms with Gasteiger partial charge in [0.05, 0.1) is 18.5 Å². The van der Waals surface area contributed by atoms with Crippen molar-refractivity contribution in [1.82, 2.24) is 24.7 Å². The number of thioether (sulfide) groups is 1. The molecule has 28 heavy (non-hydrogen) atoms. The summed E-state index contributed by atoms with van der Waals surface area (Å²) in [5, 5.41) is 4.41. The summed E-state index contributed by atoms with van der Waals surface area (Å²) in [6.07, 6.45) is 7.65. The zero-order valence-electron chi connectivity index (χ0n) is 14.9. The average molecular weight is 468 g/mol. The Bertz CT molecular complexity index is 955. The monoisotopic (exact) mass is 467 g/mol. The van der Waals surface area contributed by atoms with Gasteiger partial charge in [0.15, 0.2) is 5.82 Å². The first-order valence-electron chi connectivity index (χ1n) is 8.08. The third kappa shape index (κ3) is 4.30. The van der Waals surface area contributed by atoms with Gasteiger partial charge >= 0.3 is 5.97 Å². The van der Waals surface area contributed by atoms with E-state index in [-0.39, 0.29) is 12.5 Å². The molecular weight excluding hydrogens is 453 g/mol. The van der Waals surface area contributed by atoms with Crippen LogP contribution in [-0.4, -0.2) is 49.0 Å². The summed E-state index contributed by atoms with van der Waals surface area (Å²) in [5.41, 5.74) is 0.186. The molecule has 0 aromatic carbocycles. The van der Waals surface area contributed by atoms with Crippen molar-refractivity contribution in [2.24, 2.45) is 0 Å². The van der Waals surface area contributed by atoms with E-state index in [1.807, 2.05) is 0 Å². The number of nitrogens with zero attached hydrogens (tertiary/aromatic N) is 5.